The third kappa shape index (κ3) is 3.48. The van der Waals surface area contributed by atoms with Crippen LogP contribution >= 0.6 is 0 Å². The molecule has 1 saturated carbocycles. The number of methoxy groups -OCH3 is 1. The SMILES string of the molecule is COc1ccc(-c2cnc(N)nc2[C@@H]2CCCN2C(=O)C2CCCC2)cc1. The maximum Gasteiger partial charge on any atom is 0.226 e. The van der Waals surface area contributed by atoms with Crippen molar-refractivity contribution in [3.63, 3.8) is 0 Å². The summed E-state index contributed by atoms with van der Waals surface area (Å²) in [5.41, 5.74) is 8.71. The number of amides is 1. The Bertz CT molecular complexity index is 815. The third-order valence-corrected chi connectivity index (χ3v) is 5.79. The summed E-state index contributed by atoms with van der Waals surface area (Å²) in [7, 11) is 1.65. The lowest BCUT2D eigenvalue weighted by molar-refractivity contribution is -0.136. The van der Waals surface area contributed by atoms with E-state index in [4.69, 9.17) is 10.5 Å². The van der Waals surface area contributed by atoms with E-state index in [1.165, 1.54) is 0 Å². The van der Waals surface area contributed by atoms with E-state index >= 15 is 0 Å². The number of rotatable bonds is 4. The summed E-state index contributed by atoms with van der Waals surface area (Å²) in [6.07, 6.45) is 8.03. The molecule has 2 aromatic rings. The van der Waals surface area contributed by atoms with E-state index in [2.05, 4.69) is 9.97 Å². The molecule has 1 amide bonds. The van der Waals surface area contributed by atoms with Gasteiger partial charge in [-0.05, 0) is 43.4 Å². The normalized spacial score (nSPS) is 20.2. The minimum Gasteiger partial charge on any atom is -0.497 e. The van der Waals surface area contributed by atoms with Crippen LogP contribution in [0.1, 0.15) is 50.3 Å². The first kappa shape index (κ1) is 17.8. The van der Waals surface area contributed by atoms with Gasteiger partial charge in [0.1, 0.15) is 5.75 Å². The highest BCUT2D eigenvalue weighted by molar-refractivity contribution is 5.80. The summed E-state index contributed by atoms with van der Waals surface area (Å²) in [6.45, 7) is 0.798. The number of hydrogen-bond acceptors (Lipinski definition) is 5. The fraction of sp³-hybridized carbons (Fsp3) is 0.476. The van der Waals surface area contributed by atoms with Crippen molar-refractivity contribution in [2.75, 3.05) is 19.4 Å². The Hall–Kier alpha value is -2.63. The standard InChI is InChI=1S/C21H26N4O2/c1-27-16-10-8-14(9-11-16)17-13-23-21(22)24-19(17)18-7-4-12-25(18)20(26)15-5-2-3-6-15/h8-11,13,15,18H,2-7,12H2,1H3,(H2,22,23,24)/t18-/m0/s1. The average molecular weight is 366 g/mol. The zero-order valence-corrected chi connectivity index (χ0v) is 15.7. The second-order valence-electron chi connectivity index (χ2n) is 7.43. The Morgan fingerprint density at radius 3 is 2.59 bits per heavy atom. The molecule has 27 heavy (non-hydrogen) atoms. The minimum absolute atomic E-state index is 0.0273. The van der Waals surface area contributed by atoms with Crippen molar-refractivity contribution in [1.82, 2.24) is 14.9 Å². The van der Waals surface area contributed by atoms with Gasteiger partial charge in [0.05, 0.1) is 18.8 Å². The van der Waals surface area contributed by atoms with Crippen LogP contribution in [-0.4, -0.2) is 34.4 Å². The molecule has 1 saturated heterocycles. The number of nitrogen functional groups attached to an aromatic ring is 1. The zero-order valence-electron chi connectivity index (χ0n) is 15.7. The van der Waals surface area contributed by atoms with Gasteiger partial charge in [-0.3, -0.25) is 4.79 Å². The minimum atomic E-state index is -0.0273. The van der Waals surface area contributed by atoms with Crippen LogP contribution in [0.5, 0.6) is 5.75 Å². The van der Waals surface area contributed by atoms with Crippen molar-refractivity contribution in [1.29, 1.82) is 0 Å². The van der Waals surface area contributed by atoms with E-state index in [0.717, 1.165) is 67.6 Å². The van der Waals surface area contributed by atoms with Crippen LogP contribution in [0.2, 0.25) is 0 Å². The molecule has 0 spiro atoms. The van der Waals surface area contributed by atoms with Gasteiger partial charge in [-0.15, -0.1) is 0 Å². The Balaban J connectivity index is 1.69. The van der Waals surface area contributed by atoms with Crippen molar-refractivity contribution in [2.24, 2.45) is 5.92 Å². The molecule has 6 nitrogen and oxygen atoms in total. The first-order valence-electron chi connectivity index (χ1n) is 9.74. The molecule has 1 aliphatic carbocycles. The molecule has 0 bridgehead atoms. The van der Waals surface area contributed by atoms with Crippen LogP contribution in [0.25, 0.3) is 11.1 Å². The second-order valence-corrected chi connectivity index (χ2v) is 7.43. The molecule has 2 fully saturated rings. The monoisotopic (exact) mass is 366 g/mol. The highest BCUT2D eigenvalue weighted by Crippen LogP contribution is 2.39. The van der Waals surface area contributed by atoms with Gasteiger partial charge in [0.2, 0.25) is 11.9 Å². The average Bonchev–Trinajstić information content (AvgIpc) is 3.39. The number of nitrogens with zero attached hydrogens (tertiary/aromatic N) is 3. The lowest BCUT2D eigenvalue weighted by Crippen LogP contribution is -2.35. The fourth-order valence-electron chi connectivity index (χ4n) is 4.38. The molecule has 1 aliphatic heterocycles. The van der Waals surface area contributed by atoms with E-state index < -0.39 is 0 Å². The molecule has 6 heteroatoms. The summed E-state index contributed by atoms with van der Waals surface area (Å²) < 4.78 is 5.26. The predicted molar refractivity (Wildman–Crippen MR) is 104 cm³/mol. The maximum atomic E-state index is 13.1. The summed E-state index contributed by atoms with van der Waals surface area (Å²) in [5.74, 6) is 1.51. The number of carbonyl (C=O) groups is 1. The Kier molecular flexibility index (Phi) is 4.97. The Morgan fingerprint density at radius 2 is 1.89 bits per heavy atom. The lowest BCUT2D eigenvalue weighted by atomic mass is 9.98. The van der Waals surface area contributed by atoms with Gasteiger partial charge in [-0.25, -0.2) is 9.97 Å². The molecule has 1 aromatic heterocycles. The van der Waals surface area contributed by atoms with E-state index in [9.17, 15) is 4.79 Å². The number of benzene rings is 1. The number of carbonyl (C=O) groups excluding carboxylic acids is 1. The van der Waals surface area contributed by atoms with E-state index in [-0.39, 0.29) is 23.8 Å². The number of anilines is 1. The first-order chi connectivity index (χ1) is 13.2. The van der Waals surface area contributed by atoms with Gasteiger partial charge in [0.15, 0.2) is 0 Å². The summed E-state index contributed by atoms with van der Waals surface area (Å²) in [6, 6.07) is 7.81. The van der Waals surface area contributed by atoms with Crippen molar-refractivity contribution in [3.05, 3.63) is 36.2 Å². The molecular weight excluding hydrogens is 340 g/mol. The van der Waals surface area contributed by atoms with E-state index in [1.54, 1.807) is 13.3 Å². The molecule has 2 aliphatic rings. The number of aromatic nitrogens is 2. The summed E-state index contributed by atoms with van der Waals surface area (Å²) in [4.78, 5) is 23.9. The highest BCUT2D eigenvalue weighted by Gasteiger charge is 2.37. The molecule has 0 radical (unpaired) electrons. The molecule has 1 atom stereocenters. The Morgan fingerprint density at radius 1 is 1.15 bits per heavy atom. The van der Waals surface area contributed by atoms with Crippen LogP contribution in [0.15, 0.2) is 30.5 Å². The highest BCUT2D eigenvalue weighted by atomic mass is 16.5. The van der Waals surface area contributed by atoms with Crippen LogP contribution < -0.4 is 10.5 Å². The predicted octanol–water partition coefficient (Wildman–Crippen LogP) is 3.59. The number of nitrogens with two attached hydrogens (primary N) is 1. The largest absolute Gasteiger partial charge is 0.497 e. The first-order valence-corrected chi connectivity index (χ1v) is 9.74. The molecule has 2 heterocycles. The van der Waals surface area contributed by atoms with Crippen molar-refractivity contribution in [3.8, 4) is 16.9 Å². The van der Waals surface area contributed by atoms with Gasteiger partial charge in [-0.1, -0.05) is 25.0 Å². The van der Waals surface area contributed by atoms with Crippen molar-refractivity contribution >= 4 is 11.9 Å². The van der Waals surface area contributed by atoms with Gasteiger partial charge >= 0.3 is 0 Å². The number of ether oxygens (including phenoxy) is 1. The molecule has 142 valence electrons. The van der Waals surface area contributed by atoms with Crippen LogP contribution in [-0.2, 0) is 4.79 Å². The molecule has 4 rings (SSSR count). The lowest BCUT2D eigenvalue weighted by Gasteiger charge is -2.28. The molecule has 0 unspecified atom stereocenters. The topological polar surface area (TPSA) is 81.3 Å². The second kappa shape index (κ2) is 7.55. The van der Waals surface area contributed by atoms with Crippen LogP contribution in [0, 0.1) is 5.92 Å². The maximum absolute atomic E-state index is 13.1. The van der Waals surface area contributed by atoms with Gasteiger partial charge in [0, 0.05) is 24.2 Å². The van der Waals surface area contributed by atoms with Crippen LogP contribution in [0.3, 0.4) is 0 Å². The van der Waals surface area contributed by atoms with Crippen LogP contribution in [0.4, 0.5) is 5.95 Å². The van der Waals surface area contributed by atoms with Gasteiger partial charge < -0.3 is 15.4 Å². The molecular formula is C21H26N4O2. The van der Waals surface area contributed by atoms with Crippen molar-refractivity contribution in [2.45, 2.75) is 44.6 Å². The summed E-state index contributed by atoms with van der Waals surface area (Å²) in [5, 5.41) is 0. The number of hydrogen-bond donors (Lipinski definition) is 1. The number of likely N-dealkylation sites (tertiary alicyclic amines) is 1. The van der Waals surface area contributed by atoms with Gasteiger partial charge in [-0.2, -0.15) is 0 Å². The fourth-order valence-corrected chi connectivity index (χ4v) is 4.38. The smallest absolute Gasteiger partial charge is 0.226 e. The third-order valence-electron chi connectivity index (χ3n) is 5.79. The Labute approximate surface area is 159 Å². The zero-order chi connectivity index (χ0) is 18.8. The quantitative estimate of drug-likeness (QED) is 0.894. The molecule has 1 aromatic carbocycles. The van der Waals surface area contributed by atoms with E-state index in [0.29, 0.717) is 0 Å². The van der Waals surface area contributed by atoms with Crippen molar-refractivity contribution < 1.29 is 9.53 Å². The summed E-state index contributed by atoms with van der Waals surface area (Å²) >= 11 is 0. The van der Waals surface area contributed by atoms with Gasteiger partial charge in [0.25, 0.3) is 0 Å². The van der Waals surface area contributed by atoms with E-state index in [1.807, 2.05) is 29.2 Å². The molecule has 2 N–H and O–H groups in total.